The van der Waals surface area contributed by atoms with Crippen LogP contribution in [0.2, 0.25) is 0 Å². The van der Waals surface area contributed by atoms with Gasteiger partial charge in [-0.15, -0.1) is 0 Å². The Hall–Kier alpha value is -1.98. The molecular weight excluding hydrogens is 220 g/mol. The van der Waals surface area contributed by atoms with E-state index in [-0.39, 0.29) is 17.7 Å². The van der Waals surface area contributed by atoms with Gasteiger partial charge in [-0.2, -0.15) is 0 Å². The van der Waals surface area contributed by atoms with E-state index >= 15 is 0 Å². The number of hydrogen-bond donors (Lipinski definition) is 2. The molecule has 1 aliphatic rings. The molecule has 2 N–H and O–H groups in total. The zero-order chi connectivity index (χ0) is 11.9. The largest absolute Gasteiger partial charge is 0.481 e. The standard InChI is InChI=1S/C10H7F2NO3/c11-6-2-1-4-5(10(15)16)3-7(14)13-9(4)8(6)12/h1-2,5H,3H2,(H,13,14)(H,15,16)/t5-/m0/s1. The Morgan fingerprint density at radius 1 is 1.44 bits per heavy atom. The predicted molar refractivity (Wildman–Crippen MR) is 50.0 cm³/mol. The molecule has 0 spiro atoms. The zero-order valence-corrected chi connectivity index (χ0v) is 7.96. The van der Waals surface area contributed by atoms with Crippen molar-refractivity contribution in [1.82, 2.24) is 0 Å². The minimum atomic E-state index is -1.23. The van der Waals surface area contributed by atoms with Crippen LogP contribution in [0, 0.1) is 11.6 Å². The van der Waals surface area contributed by atoms with Crippen molar-refractivity contribution in [3.05, 3.63) is 29.3 Å². The molecule has 1 aromatic carbocycles. The maximum Gasteiger partial charge on any atom is 0.311 e. The highest BCUT2D eigenvalue weighted by atomic mass is 19.2. The molecule has 0 bridgehead atoms. The molecule has 84 valence electrons. The van der Waals surface area contributed by atoms with E-state index in [2.05, 4.69) is 5.32 Å². The van der Waals surface area contributed by atoms with Gasteiger partial charge in [0.15, 0.2) is 11.6 Å². The van der Waals surface area contributed by atoms with Crippen LogP contribution in [0.3, 0.4) is 0 Å². The van der Waals surface area contributed by atoms with Gasteiger partial charge in [-0.25, -0.2) is 8.78 Å². The molecule has 0 radical (unpaired) electrons. The first kappa shape index (κ1) is 10.5. The first-order chi connectivity index (χ1) is 7.50. The van der Waals surface area contributed by atoms with Crippen LogP contribution in [0.1, 0.15) is 17.9 Å². The van der Waals surface area contributed by atoms with Crippen molar-refractivity contribution < 1.29 is 23.5 Å². The molecule has 1 atom stereocenters. The minimum Gasteiger partial charge on any atom is -0.481 e. The Morgan fingerprint density at radius 2 is 2.12 bits per heavy atom. The fraction of sp³-hybridized carbons (Fsp3) is 0.200. The Balaban J connectivity index is 2.60. The summed E-state index contributed by atoms with van der Waals surface area (Å²) < 4.78 is 26.2. The van der Waals surface area contributed by atoms with E-state index in [1.807, 2.05) is 0 Å². The Kier molecular flexibility index (Phi) is 2.34. The van der Waals surface area contributed by atoms with Crippen LogP contribution >= 0.6 is 0 Å². The topological polar surface area (TPSA) is 66.4 Å². The van der Waals surface area contributed by atoms with Gasteiger partial charge >= 0.3 is 5.97 Å². The van der Waals surface area contributed by atoms with E-state index in [0.717, 1.165) is 6.07 Å². The van der Waals surface area contributed by atoms with Crippen molar-refractivity contribution in [1.29, 1.82) is 0 Å². The van der Waals surface area contributed by atoms with E-state index in [9.17, 15) is 18.4 Å². The number of benzene rings is 1. The lowest BCUT2D eigenvalue weighted by Crippen LogP contribution is -2.28. The summed E-state index contributed by atoms with van der Waals surface area (Å²) in [4.78, 5) is 22.0. The average Bonchev–Trinajstić information content (AvgIpc) is 2.23. The van der Waals surface area contributed by atoms with Crippen molar-refractivity contribution in [2.24, 2.45) is 0 Å². The number of fused-ring (bicyclic) bond motifs is 1. The van der Waals surface area contributed by atoms with Crippen LogP contribution in [0.4, 0.5) is 14.5 Å². The van der Waals surface area contributed by atoms with E-state index in [1.165, 1.54) is 6.07 Å². The quantitative estimate of drug-likeness (QED) is 0.763. The molecule has 1 amide bonds. The molecule has 1 heterocycles. The first-order valence-electron chi connectivity index (χ1n) is 4.51. The van der Waals surface area contributed by atoms with Crippen molar-refractivity contribution >= 4 is 17.6 Å². The first-order valence-corrected chi connectivity index (χ1v) is 4.51. The monoisotopic (exact) mass is 227 g/mol. The predicted octanol–water partition coefficient (Wildman–Crippen LogP) is 1.48. The summed E-state index contributed by atoms with van der Waals surface area (Å²) in [5.41, 5.74) is -0.283. The fourth-order valence-electron chi connectivity index (χ4n) is 1.69. The maximum atomic E-state index is 13.3. The van der Waals surface area contributed by atoms with Crippen molar-refractivity contribution in [3.8, 4) is 0 Å². The molecule has 4 nitrogen and oxygen atoms in total. The minimum absolute atomic E-state index is 0.0889. The lowest BCUT2D eigenvalue weighted by Gasteiger charge is -2.22. The molecule has 6 heteroatoms. The van der Waals surface area contributed by atoms with Crippen LogP contribution < -0.4 is 5.32 Å². The van der Waals surface area contributed by atoms with Gasteiger partial charge in [-0.3, -0.25) is 9.59 Å². The number of halogens is 2. The van der Waals surface area contributed by atoms with Crippen LogP contribution in [-0.2, 0) is 9.59 Å². The summed E-state index contributed by atoms with van der Waals surface area (Å²) in [5, 5.41) is 11.0. The number of hydrogen-bond acceptors (Lipinski definition) is 2. The molecule has 0 aromatic heterocycles. The number of nitrogens with one attached hydrogen (secondary N) is 1. The number of carboxylic acids is 1. The summed E-state index contributed by atoms with van der Waals surface area (Å²) in [6.07, 6.45) is -0.270. The molecular formula is C10H7F2NO3. The van der Waals surface area contributed by atoms with E-state index in [0.29, 0.717) is 0 Å². The van der Waals surface area contributed by atoms with E-state index < -0.39 is 29.4 Å². The highest BCUT2D eigenvalue weighted by Crippen LogP contribution is 2.35. The second-order valence-corrected chi connectivity index (χ2v) is 3.47. The van der Waals surface area contributed by atoms with E-state index in [1.54, 1.807) is 0 Å². The van der Waals surface area contributed by atoms with Gasteiger partial charge < -0.3 is 10.4 Å². The van der Waals surface area contributed by atoms with Gasteiger partial charge in [-0.05, 0) is 11.6 Å². The number of anilines is 1. The number of rotatable bonds is 1. The second-order valence-electron chi connectivity index (χ2n) is 3.47. The van der Waals surface area contributed by atoms with Gasteiger partial charge in [0.05, 0.1) is 11.6 Å². The molecule has 1 aromatic rings. The number of carboxylic acid groups (broad SMARTS) is 1. The number of carbonyl (C=O) groups is 2. The van der Waals surface area contributed by atoms with Crippen LogP contribution in [0.15, 0.2) is 12.1 Å². The van der Waals surface area contributed by atoms with Crippen molar-refractivity contribution in [2.75, 3.05) is 5.32 Å². The third-order valence-corrected chi connectivity index (χ3v) is 2.45. The molecule has 2 rings (SSSR count). The summed E-state index contributed by atoms with van der Waals surface area (Å²) in [7, 11) is 0. The van der Waals surface area contributed by atoms with Gasteiger partial charge in [0.1, 0.15) is 0 Å². The molecule has 0 unspecified atom stereocenters. The lowest BCUT2D eigenvalue weighted by molar-refractivity contribution is -0.140. The Bertz CT molecular complexity index is 487. The Labute approximate surface area is 88.9 Å². The maximum absolute atomic E-state index is 13.3. The molecule has 0 saturated carbocycles. The highest BCUT2D eigenvalue weighted by molar-refractivity contribution is 5.99. The van der Waals surface area contributed by atoms with E-state index in [4.69, 9.17) is 5.11 Å². The van der Waals surface area contributed by atoms with Gasteiger partial charge in [0.2, 0.25) is 5.91 Å². The lowest BCUT2D eigenvalue weighted by atomic mass is 9.90. The number of carbonyl (C=O) groups excluding carboxylic acids is 1. The van der Waals surface area contributed by atoms with Gasteiger partial charge in [0, 0.05) is 6.42 Å². The van der Waals surface area contributed by atoms with Crippen LogP contribution in [0.25, 0.3) is 0 Å². The molecule has 0 saturated heterocycles. The van der Waals surface area contributed by atoms with Crippen LogP contribution in [-0.4, -0.2) is 17.0 Å². The normalized spacial score (nSPS) is 18.9. The van der Waals surface area contributed by atoms with Crippen molar-refractivity contribution in [3.63, 3.8) is 0 Å². The molecule has 0 fully saturated rings. The summed E-state index contributed by atoms with van der Waals surface area (Å²) in [5.74, 6) is -5.34. The Morgan fingerprint density at radius 3 is 2.75 bits per heavy atom. The zero-order valence-electron chi connectivity index (χ0n) is 7.96. The molecule has 0 aliphatic carbocycles. The third kappa shape index (κ3) is 1.52. The average molecular weight is 227 g/mol. The number of aliphatic carboxylic acids is 1. The van der Waals surface area contributed by atoms with Gasteiger partial charge in [-0.1, -0.05) is 6.07 Å². The summed E-state index contributed by atoms with van der Waals surface area (Å²) in [6, 6.07) is 2.02. The van der Waals surface area contributed by atoms with Crippen LogP contribution in [0.5, 0.6) is 0 Å². The SMILES string of the molecule is O=C1C[C@H](C(=O)O)c2ccc(F)c(F)c2N1. The fourth-order valence-corrected chi connectivity index (χ4v) is 1.69. The second kappa shape index (κ2) is 3.55. The van der Waals surface area contributed by atoms with Gasteiger partial charge in [0.25, 0.3) is 0 Å². The third-order valence-electron chi connectivity index (χ3n) is 2.45. The van der Waals surface area contributed by atoms with Crippen molar-refractivity contribution in [2.45, 2.75) is 12.3 Å². The molecule has 16 heavy (non-hydrogen) atoms. The smallest absolute Gasteiger partial charge is 0.311 e. The molecule has 1 aliphatic heterocycles. The summed E-state index contributed by atoms with van der Waals surface area (Å²) >= 11 is 0. The highest BCUT2D eigenvalue weighted by Gasteiger charge is 2.33. The summed E-state index contributed by atoms with van der Waals surface area (Å²) in [6.45, 7) is 0. The number of amides is 1.